The quantitative estimate of drug-likeness (QED) is 0.589. The van der Waals surface area contributed by atoms with Gasteiger partial charge in [-0.25, -0.2) is 4.68 Å². The third-order valence-electron chi connectivity index (χ3n) is 5.19. The lowest BCUT2D eigenvalue weighted by Crippen LogP contribution is -2.38. The highest BCUT2D eigenvalue weighted by Crippen LogP contribution is 2.32. The van der Waals surface area contributed by atoms with Crippen LogP contribution in [0.25, 0.3) is 20.2 Å². The number of nitrogens with one attached hydrogen (secondary N) is 1. The summed E-state index contributed by atoms with van der Waals surface area (Å²) in [6.45, 7) is 11.4. The van der Waals surface area contributed by atoms with Crippen LogP contribution in [0.2, 0.25) is 0 Å². The van der Waals surface area contributed by atoms with Gasteiger partial charge in [0, 0.05) is 16.6 Å². The number of carbonyl (C=O) groups excluding carboxylic acids is 1. The number of nitrogens with zero attached hydrogens (tertiary/aromatic N) is 3. The van der Waals surface area contributed by atoms with Crippen molar-refractivity contribution in [3.8, 4) is 0 Å². The molecule has 0 aliphatic carbocycles. The molecular formula is C21H28N4O2S. The van der Waals surface area contributed by atoms with Gasteiger partial charge in [-0.1, -0.05) is 32.0 Å². The molecule has 0 bridgehead atoms. The van der Waals surface area contributed by atoms with E-state index in [9.17, 15) is 9.59 Å². The minimum atomic E-state index is -0.650. The Labute approximate surface area is 169 Å². The number of rotatable bonds is 8. The average molecular weight is 401 g/mol. The standard InChI is InChI=1S/C21H28N4O2S/c1-5-24(6-2)13-9-12-22-20(26)15(4)25-21(27)18-16-10-7-8-11-17(16)28-19(18)14(3)23-25/h7-8,10-11,15H,5-6,9,12-13H2,1-4H3,(H,22,26)/t15-/m1/s1. The first kappa shape index (κ1) is 20.5. The van der Waals surface area contributed by atoms with Crippen molar-refractivity contribution in [2.45, 2.75) is 40.2 Å². The third kappa shape index (κ3) is 3.95. The van der Waals surface area contributed by atoms with Gasteiger partial charge in [-0.2, -0.15) is 5.10 Å². The van der Waals surface area contributed by atoms with E-state index >= 15 is 0 Å². The van der Waals surface area contributed by atoms with Gasteiger partial charge in [-0.05, 0) is 46.0 Å². The highest BCUT2D eigenvalue weighted by atomic mass is 32.1. The molecule has 2 aromatic heterocycles. The van der Waals surface area contributed by atoms with E-state index in [2.05, 4.69) is 29.2 Å². The first-order valence-electron chi connectivity index (χ1n) is 9.88. The molecule has 150 valence electrons. The number of aromatic nitrogens is 2. The zero-order chi connectivity index (χ0) is 20.3. The number of hydrogen-bond donors (Lipinski definition) is 1. The summed E-state index contributed by atoms with van der Waals surface area (Å²) in [5, 5.41) is 8.98. The van der Waals surface area contributed by atoms with Gasteiger partial charge in [0.2, 0.25) is 5.91 Å². The average Bonchev–Trinajstić information content (AvgIpc) is 3.10. The summed E-state index contributed by atoms with van der Waals surface area (Å²) in [6, 6.07) is 7.21. The van der Waals surface area contributed by atoms with E-state index in [4.69, 9.17) is 0 Å². The molecule has 2 heterocycles. The highest BCUT2D eigenvalue weighted by Gasteiger charge is 2.21. The van der Waals surface area contributed by atoms with E-state index in [1.807, 2.05) is 31.2 Å². The molecule has 0 saturated heterocycles. The zero-order valence-electron chi connectivity index (χ0n) is 17.0. The molecule has 0 aliphatic heterocycles. The molecule has 0 fully saturated rings. The molecule has 0 spiro atoms. The fourth-order valence-electron chi connectivity index (χ4n) is 3.45. The van der Waals surface area contributed by atoms with Crippen LogP contribution in [0.3, 0.4) is 0 Å². The van der Waals surface area contributed by atoms with Gasteiger partial charge in [-0.15, -0.1) is 11.3 Å². The molecule has 3 aromatic rings. The summed E-state index contributed by atoms with van der Waals surface area (Å²) in [4.78, 5) is 28.0. The van der Waals surface area contributed by atoms with Gasteiger partial charge in [0.05, 0.1) is 15.8 Å². The minimum absolute atomic E-state index is 0.174. The van der Waals surface area contributed by atoms with Gasteiger partial charge in [0.25, 0.3) is 5.56 Å². The molecule has 1 N–H and O–H groups in total. The minimum Gasteiger partial charge on any atom is -0.354 e. The predicted octanol–water partition coefficient (Wildman–Crippen LogP) is 3.33. The van der Waals surface area contributed by atoms with E-state index in [1.54, 1.807) is 18.3 Å². The van der Waals surface area contributed by atoms with Crippen LogP contribution in [0.5, 0.6) is 0 Å². The molecule has 28 heavy (non-hydrogen) atoms. The Kier molecular flexibility index (Phi) is 6.46. The van der Waals surface area contributed by atoms with Crippen molar-refractivity contribution in [1.29, 1.82) is 0 Å². The predicted molar refractivity (Wildman–Crippen MR) is 116 cm³/mol. The Morgan fingerprint density at radius 1 is 1.29 bits per heavy atom. The molecule has 1 amide bonds. The summed E-state index contributed by atoms with van der Waals surface area (Å²) >= 11 is 1.57. The van der Waals surface area contributed by atoms with Gasteiger partial charge in [0.1, 0.15) is 6.04 Å². The van der Waals surface area contributed by atoms with E-state index in [0.29, 0.717) is 11.9 Å². The number of thiophene rings is 1. The number of hydrogen-bond acceptors (Lipinski definition) is 5. The van der Waals surface area contributed by atoms with E-state index < -0.39 is 6.04 Å². The molecular weight excluding hydrogens is 372 g/mol. The SMILES string of the molecule is CCN(CC)CCCNC(=O)[C@@H](C)n1nc(C)c2sc3ccccc3c2c1=O. The van der Waals surface area contributed by atoms with E-state index in [1.165, 1.54) is 4.68 Å². The van der Waals surface area contributed by atoms with Crippen LogP contribution in [0.4, 0.5) is 0 Å². The van der Waals surface area contributed by atoms with Crippen LogP contribution in [-0.4, -0.2) is 46.8 Å². The Morgan fingerprint density at radius 3 is 2.71 bits per heavy atom. The smallest absolute Gasteiger partial charge is 0.276 e. The summed E-state index contributed by atoms with van der Waals surface area (Å²) in [7, 11) is 0. The summed E-state index contributed by atoms with van der Waals surface area (Å²) in [5.41, 5.74) is 0.570. The molecule has 7 heteroatoms. The summed E-state index contributed by atoms with van der Waals surface area (Å²) < 4.78 is 3.29. The second-order valence-corrected chi connectivity index (χ2v) is 8.04. The van der Waals surface area contributed by atoms with Gasteiger partial charge in [0.15, 0.2) is 0 Å². The van der Waals surface area contributed by atoms with Crippen molar-refractivity contribution in [1.82, 2.24) is 20.0 Å². The van der Waals surface area contributed by atoms with Crippen molar-refractivity contribution in [3.05, 3.63) is 40.3 Å². The number of benzene rings is 1. The van der Waals surface area contributed by atoms with Crippen molar-refractivity contribution >= 4 is 37.4 Å². The molecule has 0 unspecified atom stereocenters. The number of carbonyl (C=O) groups is 1. The lowest BCUT2D eigenvalue weighted by atomic mass is 10.2. The van der Waals surface area contributed by atoms with Crippen LogP contribution in [0.1, 0.15) is 38.9 Å². The first-order valence-corrected chi connectivity index (χ1v) is 10.7. The topological polar surface area (TPSA) is 67.2 Å². The van der Waals surface area contributed by atoms with Crippen LogP contribution >= 0.6 is 11.3 Å². The highest BCUT2D eigenvalue weighted by molar-refractivity contribution is 7.26. The zero-order valence-corrected chi connectivity index (χ0v) is 17.8. The number of amides is 1. The van der Waals surface area contributed by atoms with E-state index in [-0.39, 0.29) is 11.5 Å². The third-order valence-corrected chi connectivity index (χ3v) is 6.47. The normalized spacial score (nSPS) is 12.8. The maximum Gasteiger partial charge on any atom is 0.276 e. The summed E-state index contributed by atoms with van der Waals surface area (Å²) in [6.07, 6.45) is 0.885. The van der Waals surface area contributed by atoms with Crippen LogP contribution in [0, 0.1) is 6.92 Å². The van der Waals surface area contributed by atoms with Gasteiger partial charge in [-0.3, -0.25) is 9.59 Å². The van der Waals surface area contributed by atoms with Gasteiger partial charge < -0.3 is 10.2 Å². The summed E-state index contributed by atoms with van der Waals surface area (Å²) in [5.74, 6) is -0.174. The van der Waals surface area contributed by atoms with Crippen molar-refractivity contribution in [3.63, 3.8) is 0 Å². The molecule has 0 aliphatic rings. The largest absolute Gasteiger partial charge is 0.354 e. The Hall–Kier alpha value is -2.25. The van der Waals surface area contributed by atoms with Crippen molar-refractivity contribution in [2.75, 3.05) is 26.2 Å². The maximum absolute atomic E-state index is 13.1. The lowest BCUT2D eigenvalue weighted by molar-refractivity contribution is -0.124. The maximum atomic E-state index is 13.1. The Bertz CT molecular complexity index is 1040. The lowest BCUT2D eigenvalue weighted by Gasteiger charge is -2.18. The molecule has 0 radical (unpaired) electrons. The molecule has 3 rings (SSSR count). The molecule has 6 nitrogen and oxygen atoms in total. The monoisotopic (exact) mass is 400 g/mol. The second kappa shape index (κ2) is 8.84. The number of fused-ring (bicyclic) bond motifs is 3. The Morgan fingerprint density at radius 2 is 2.00 bits per heavy atom. The second-order valence-electron chi connectivity index (χ2n) is 6.98. The van der Waals surface area contributed by atoms with Crippen LogP contribution in [0.15, 0.2) is 29.1 Å². The fraction of sp³-hybridized carbons (Fsp3) is 0.476. The first-order chi connectivity index (χ1) is 13.5. The van der Waals surface area contributed by atoms with Crippen LogP contribution < -0.4 is 10.9 Å². The molecule has 0 saturated carbocycles. The Balaban J connectivity index is 1.81. The molecule has 1 atom stereocenters. The van der Waals surface area contributed by atoms with E-state index in [0.717, 1.165) is 46.5 Å². The van der Waals surface area contributed by atoms with Crippen molar-refractivity contribution in [2.24, 2.45) is 0 Å². The van der Waals surface area contributed by atoms with Gasteiger partial charge >= 0.3 is 0 Å². The van der Waals surface area contributed by atoms with Crippen molar-refractivity contribution < 1.29 is 4.79 Å². The van der Waals surface area contributed by atoms with Crippen LogP contribution in [-0.2, 0) is 4.79 Å². The fourth-order valence-corrected chi connectivity index (χ4v) is 4.59. The molecule has 1 aromatic carbocycles. The number of aryl methyl sites for hydroxylation is 1.